The number of aromatic nitrogens is 1. The molecule has 1 N–H and O–H groups in total. The molecule has 0 radical (unpaired) electrons. The van der Waals surface area contributed by atoms with Crippen LogP contribution in [-0.4, -0.2) is 17.4 Å². The predicted octanol–water partition coefficient (Wildman–Crippen LogP) is 3.94. The molecule has 0 bridgehead atoms. The van der Waals surface area contributed by atoms with Gasteiger partial charge in [-0.05, 0) is 36.5 Å². The Morgan fingerprint density at radius 2 is 2.04 bits per heavy atom. The number of nitrogens with one attached hydrogen (secondary N) is 1. The summed E-state index contributed by atoms with van der Waals surface area (Å²) in [4.78, 5) is 16.7. The minimum Gasteiger partial charge on any atom is -0.350 e. The first-order valence-electron chi connectivity index (χ1n) is 7.97. The molecule has 1 fully saturated rings. The number of hydrogen-bond donors (Lipinski definition) is 1. The first kappa shape index (κ1) is 16.1. The first-order valence-corrected chi connectivity index (χ1v) is 8.85. The van der Waals surface area contributed by atoms with E-state index >= 15 is 0 Å². The molecule has 23 heavy (non-hydrogen) atoms. The minimum atomic E-state index is -0.228. The smallest absolute Gasteiger partial charge is 0.270 e. The van der Waals surface area contributed by atoms with Crippen LogP contribution in [0.2, 0.25) is 0 Å². The van der Waals surface area contributed by atoms with Gasteiger partial charge in [0.2, 0.25) is 0 Å². The van der Waals surface area contributed by atoms with E-state index in [0.717, 1.165) is 29.8 Å². The molecule has 1 aromatic carbocycles. The molecule has 1 saturated carbocycles. The number of thiazole rings is 1. The van der Waals surface area contributed by atoms with E-state index in [2.05, 4.69) is 24.1 Å². The van der Waals surface area contributed by atoms with Gasteiger partial charge < -0.3 is 5.32 Å². The van der Waals surface area contributed by atoms with Gasteiger partial charge >= 0.3 is 0 Å². The summed E-state index contributed by atoms with van der Waals surface area (Å²) in [7, 11) is 0. The van der Waals surface area contributed by atoms with E-state index in [4.69, 9.17) is 0 Å². The standard InChI is InChI=1S/C18H21FN2OS/c1-12(2)9-16-21-15(10-23-16)17(22)20-11-18(7-8-18)13-3-5-14(19)6-4-13/h3-6,10,12H,7-9,11H2,1-2H3,(H,20,22). The molecular formula is C18H21FN2OS. The van der Waals surface area contributed by atoms with E-state index < -0.39 is 0 Å². The van der Waals surface area contributed by atoms with E-state index in [-0.39, 0.29) is 17.1 Å². The average Bonchev–Trinajstić information content (AvgIpc) is 3.17. The molecule has 1 heterocycles. The maximum absolute atomic E-state index is 13.0. The van der Waals surface area contributed by atoms with E-state index in [9.17, 15) is 9.18 Å². The molecule has 0 aliphatic heterocycles. The molecule has 3 rings (SSSR count). The summed E-state index contributed by atoms with van der Waals surface area (Å²) in [5.41, 5.74) is 1.57. The second kappa shape index (κ2) is 6.40. The fourth-order valence-corrected chi connectivity index (χ4v) is 3.71. The van der Waals surface area contributed by atoms with Gasteiger partial charge in [0.1, 0.15) is 11.5 Å². The van der Waals surface area contributed by atoms with Gasteiger partial charge in [0.25, 0.3) is 5.91 Å². The summed E-state index contributed by atoms with van der Waals surface area (Å²) in [6.45, 7) is 4.86. The molecular weight excluding hydrogens is 311 g/mol. The van der Waals surface area contributed by atoms with Crippen LogP contribution < -0.4 is 5.32 Å². The van der Waals surface area contributed by atoms with Crippen molar-refractivity contribution in [1.29, 1.82) is 0 Å². The van der Waals surface area contributed by atoms with Crippen LogP contribution in [0.5, 0.6) is 0 Å². The molecule has 0 atom stereocenters. The van der Waals surface area contributed by atoms with Crippen molar-refractivity contribution in [2.75, 3.05) is 6.54 Å². The number of halogens is 1. The molecule has 0 saturated heterocycles. The highest BCUT2D eigenvalue weighted by Gasteiger charge is 2.44. The Labute approximate surface area is 140 Å². The highest BCUT2D eigenvalue weighted by molar-refractivity contribution is 7.09. The van der Waals surface area contributed by atoms with E-state index in [1.165, 1.54) is 23.5 Å². The third-order valence-electron chi connectivity index (χ3n) is 4.26. The Hall–Kier alpha value is -1.75. The summed E-state index contributed by atoms with van der Waals surface area (Å²) in [6, 6.07) is 6.60. The van der Waals surface area contributed by atoms with Crippen LogP contribution >= 0.6 is 11.3 Å². The number of rotatable bonds is 6. The second-order valence-electron chi connectivity index (χ2n) is 6.69. The number of carbonyl (C=O) groups excluding carboxylic acids is 1. The summed E-state index contributed by atoms with van der Waals surface area (Å²) in [6.07, 6.45) is 2.95. The zero-order valence-electron chi connectivity index (χ0n) is 13.4. The molecule has 1 amide bonds. The van der Waals surface area contributed by atoms with Gasteiger partial charge in [-0.3, -0.25) is 4.79 Å². The van der Waals surface area contributed by atoms with Crippen LogP contribution in [0, 0.1) is 11.7 Å². The fourth-order valence-electron chi connectivity index (χ4n) is 2.72. The van der Waals surface area contributed by atoms with Crippen molar-refractivity contribution >= 4 is 17.2 Å². The third-order valence-corrected chi connectivity index (χ3v) is 5.14. The topological polar surface area (TPSA) is 42.0 Å². The first-order chi connectivity index (χ1) is 11.0. The second-order valence-corrected chi connectivity index (χ2v) is 7.64. The van der Waals surface area contributed by atoms with E-state index in [0.29, 0.717) is 18.2 Å². The molecule has 1 aliphatic carbocycles. The molecule has 1 aromatic heterocycles. The predicted molar refractivity (Wildman–Crippen MR) is 90.3 cm³/mol. The number of benzene rings is 1. The monoisotopic (exact) mass is 332 g/mol. The van der Waals surface area contributed by atoms with Gasteiger partial charge in [0.15, 0.2) is 0 Å². The summed E-state index contributed by atoms with van der Waals surface area (Å²) in [5, 5.41) is 5.82. The number of nitrogens with zero attached hydrogens (tertiary/aromatic N) is 1. The van der Waals surface area contributed by atoms with Crippen molar-refractivity contribution in [3.8, 4) is 0 Å². The number of amides is 1. The van der Waals surface area contributed by atoms with Gasteiger partial charge in [0.05, 0.1) is 5.01 Å². The lowest BCUT2D eigenvalue weighted by Gasteiger charge is -2.16. The Balaban J connectivity index is 1.60. The minimum absolute atomic E-state index is 0.0276. The summed E-state index contributed by atoms with van der Waals surface area (Å²) < 4.78 is 13.0. The SMILES string of the molecule is CC(C)Cc1nc(C(=O)NCC2(c3ccc(F)cc3)CC2)cs1. The van der Waals surface area contributed by atoms with Crippen LogP contribution in [0.3, 0.4) is 0 Å². The maximum Gasteiger partial charge on any atom is 0.270 e. The van der Waals surface area contributed by atoms with Crippen LogP contribution in [0.1, 0.15) is 47.7 Å². The zero-order valence-corrected chi connectivity index (χ0v) is 14.3. The van der Waals surface area contributed by atoms with Gasteiger partial charge in [-0.25, -0.2) is 9.37 Å². The average molecular weight is 332 g/mol. The molecule has 3 nitrogen and oxygen atoms in total. The van der Waals surface area contributed by atoms with E-state index in [1.807, 2.05) is 17.5 Å². The lowest BCUT2D eigenvalue weighted by molar-refractivity contribution is 0.0945. The highest BCUT2D eigenvalue weighted by Crippen LogP contribution is 2.47. The number of carbonyl (C=O) groups is 1. The van der Waals surface area contributed by atoms with Gasteiger partial charge in [-0.2, -0.15) is 0 Å². The zero-order chi connectivity index (χ0) is 16.4. The van der Waals surface area contributed by atoms with Gasteiger partial charge in [0, 0.05) is 23.8 Å². The van der Waals surface area contributed by atoms with Crippen LogP contribution in [0.25, 0.3) is 0 Å². The highest BCUT2D eigenvalue weighted by atomic mass is 32.1. The Morgan fingerprint density at radius 1 is 1.35 bits per heavy atom. The van der Waals surface area contributed by atoms with E-state index in [1.54, 1.807) is 0 Å². The number of hydrogen-bond acceptors (Lipinski definition) is 3. The van der Waals surface area contributed by atoms with Crippen molar-refractivity contribution in [3.63, 3.8) is 0 Å². The Bertz CT molecular complexity index is 689. The Morgan fingerprint density at radius 3 is 2.65 bits per heavy atom. The van der Waals surface area contributed by atoms with Crippen molar-refractivity contribution in [1.82, 2.24) is 10.3 Å². The molecule has 0 unspecified atom stereocenters. The summed E-state index contributed by atoms with van der Waals surface area (Å²) in [5.74, 6) is 0.184. The van der Waals surface area contributed by atoms with Crippen molar-refractivity contribution in [2.24, 2.45) is 5.92 Å². The molecule has 122 valence electrons. The molecule has 0 spiro atoms. The fraction of sp³-hybridized carbons (Fsp3) is 0.444. The quantitative estimate of drug-likeness (QED) is 0.870. The lowest BCUT2D eigenvalue weighted by Crippen LogP contribution is -2.32. The Kier molecular flexibility index (Phi) is 4.48. The third kappa shape index (κ3) is 3.78. The summed E-state index contributed by atoms with van der Waals surface area (Å²) >= 11 is 1.54. The molecule has 5 heteroatoms. The van der Waals surface area contributed by atoms with Crippen molar-refractivity contribution in [3.05, 3.63) is 51.7 Å². The van der Waals surface area contributed by atoms with Crippen molar-refractivity contribution < 1.29 is 9.18 Å². The van der Waals surface area contributed by atoms with Crippen molar-refractivity contribution in [2.45, 2.75) is 38.5 Å². The van der Waals surface area contributed by atoms with Gasteiger partial charge in [-0.15, -0.1) is 11.3 Å². The normalized spacial score (nSPS) is 15.7. The maximum atomic E-state index is 13.0. The van der Waals surface area contributed by atoms with Crippen LogP contribution in [-0.2, 0) is 11.8 Å². The molecule has 1 aliphatic rings. The largest absolute Gasteiger partial charge is 0.350 e. The van der Waals surface area contributed by atoms with Gasteiger partial charge in [-0.1, -0.05) is 26.0 Å². The van der Waals surface area contributed by atoms with Crippen LogP contribution in [0.4, 0.5) is 4.39 Å². The molecule has 2 aromatic rings. The van der Waals surface area contributed by atoms with Crippen LogP contribution in [0.15, 0.2) is 29.6 Å². The lowest BCUT2D eigenvalue weighted by atomic mass is 9.96.